The minimum atomic E-state index is -1.29. The molecule has 0 amide bonds. The molecule has 0 spiro atoms. The lowest BCUT2D eigenvalue weighted by Crippen LogP contribution is -2.52. The van der Waals surface area contributed by atoms with Crippen LogP contribution in [0.1, 0.15) is 20.8 Å². The smallest absolute Gasteiger partial charge is 0.310 e. The molecular weight excluding hydrogens is 196 g/mol. The van der Waals surface area contributed by atoms with E-state index in [2.05, 4.69) is 15.2 Å². The lowest BCUT2D eigenvalue weighted by Gasteiger charge is -2.20. The van der Waals surface area contributed by atoms with Gasteiger partial charge in [-0.05, 0) is 20.8 Å². The van der Waals surface area contributed by atoms with Crippen LogP contribution < -0.4 is 17.2 Å². The molecule has 0 aliphatic heterocycles. The van der Waals surface area contributed by atoms with Gasteiger partial charge in [-0.25, -0.2) is 9.36 Å². The summed E-state index contributed by atoms with van der Waals surface area (Å²) in [4.78, 5) is 13.8. The molecule has 0 fully saturated rings. The monoisotopic (exact) mass is 212 g/mol. The zero-order valence-electron chi connectivity index (χ0n) is 9.06. The quantitative estimate of drug-likeness (QED) is 0.491. The fourth-order valence-corrected chi connectivity index (χ4v) is 1.07. The van der Waals surface area contributed by atoms with Gasteiger partial charge in [0.2, 0.25) is 0 Å². The molecule has 0 atom stereocenters. The van der Waals surface area contributed by atoms with Crippen LogP contribution in [0.4, 0.5) is 5.82 Å². The highest BCUT2D eigenvalue weighted by molar-refractivity contribution is 5.24. The van der Waals surface area contributed by atoms with Crippen molar-refractivity contribution >= 4 is 5.82 Å². The number of azo groups is 1. The number of nitrogens with zero attached hydrogens (tertiary/aromatic N) is 3. The Labute approximate surface area is 87.2 Å². The Morgan fingerprint density at radius 3 is 2.60 bits per heavy atom. The highest BCUT2D eigenvalue weighted by Crippen LogP contribution is 2.13. The van der Waals surface area contributed by atoms with Gasteiger partial charge in [0.15, 0.2) is 5.82 Å². The van der Waals surface area contributed by atoms with Crippen molar-refractivity contribution < 1.29 is 0 Å². The van der Waals surface area contributed by atoms with E-state index in [1.165, 1.54) is 13.1 Å². The maximum atomic E-state index is 11.4. The summed E-state index contributed by atoms with van der Waals surface area (Å²) in [7, 11) is 0. The molecule has 0 aromatic carbocycles. The summed E-state index contributed by atoms with van der Waals surface area (Å²) >= 11 is 0. The van der Waals surface area contributed by atoms with Crippen LogP contribution in [0.25, 0.3) is 0 Å². The van der Waals surface area contributed by atoms with Crippen LogP contribution in [0.3, 0.4) is 0 Å². The number of aromatic amines is 1. The molecule has 7 heteroatoms. The number of H-pyrrole nitrogens is 1. The van der Waals surface area contributed by atoms with Gasteiger partial charge in [0.1, 0.15) is 5.79 Å². The van der Waals surface area contributed by atoms with Crippen LogP contribution in [0.15, 0.2) is 21.2 Å². The topological polar surface area (TPSA) is 115 Å². The van der Waals surface area contributed by atoms with Gasteiger partial charge in [-0.1, -0.05) is 0 Å². The maximum Gasteiger partial charge on any atom is 0.329 e. The third-order valence-electron chi connectivity index (χ3n) is 1.63. The summed E-state index contributed by atoms with van der Waals surface area (Å²) in [6, 6.07) is 0.0465. The highest BCUT2D eigenvalue weighted by Gasteiger charge is 2.20. The van der Waals surface area contributed by atoms with E-state index < -0.39 is 11.5 Å². The second kappa shape index (κ2) is 3.95. The van der Waals surface area contributed by atoms with Gasteiger partial charge in [-0.3, -0.25) is 11.5 Å². The van der Waals surface area contributed by atoms with Crippen LogP contribution in [-0.2, 0) is 5.79 Å². The Kier molecular flexibility index (Phi) is 3.06. The summed E-state index contributed by atoms with van der Waals surface area (Å²) in [6.07, 6.45) is 1.42. The van der Waals surface area contributed by atoms with E-state index in [-0.39, 0.29) is 6.04 Å². The van der Waals surface area contributed by atoms with Gasteiger partial charge in [0.25, 0.3) is 0 Å². The Hall–Kier alpha value is -1.47. The molecule has 0 bridgehead atoms. The number of nitrogens with two attached hydrogens (primary N) is 2. The first kappa shape index (κ1) is 11.6. The van der Waals surface area contributed by atoms with E-state index in [9.17, 15) is 4.79 Å². The van der Waals surface area contributed by atoms with Crippen molar-refractivity contribution in [3.8, 4) is 0 Å². The number of rotatable bonds is 3. The first-order valence-electron chi connectivity index (χ1n) is 4.62. The molecular formula is C8H16N6O. The van der Waals surface area contributed by atoms with Crippen LogP contribution >= 0.6 is 0 Å². The van der Waals surface area contributed by atoms with Crippen LogP contribution in [0.2, 0.25) is 0 Å². The molecule has 5 N–H and O–H groups in total. The fraction of sp³-hybridized carbons (Fsp3) is 0.625. The van der Waals surface area contributed by atoms with Crippen molar-refractivity contribution in [2.45, 2.75) is 32.6 Å². The molecule has 0 unspecified atom stereocenters. The Bertz CT molecular complexity index is 408. The first-order chi connectivity index (χ1) is 6.82. The third-order valence-corrected chi connectivity index (χ3v) is 1.63. The van der Waals surface area contributed by atoms with E-state index in [4.69, 9.17) is 11.5 Å². The molecule has 1 aromatic rings. The molecule has 7 nitrogen and oxygen atoms in total. The van der Waals surface area contributed by atoms with Gasteiger partial charge in [0, 0.05) is 0 Å². The van der Waals surface area contributed by atoms with Crippen molar-refractivity contribution in [3.05, 3.63) is 16.7 Å². The van der Waals surface area contributed by atoms with E-state index in [0.717, 1.165) is 4.57 Å². The Morgan fingerprint density at radius 1 is 1.53 bits per heavy atom. The second-order valence-electron chi connectivity index (χ2n) is 3.82. The maximum absolute atomic E-state index is 11.4. The molecule has 15 heavy (non-hydrogen) atoms. The first-order valence-corrected chi connectivity index (χ1v) is 4.62. The highest BCUT2D eigenvalue weighted by atomic mass is 16.1. The predicted molar refractivity (Wildman–Crippen MR) is 56.7 cm³/mol. The molecule has 0 saturated heterocycles. The molecule has 1 rings (SSSR count). The fourth-order valence-electron chi connectivity index (χ4n) is 1.07. The minimum Gasteiger partial charge on any atom is -0.310 e. The lowest BCUT2D eigenvalue weighted by molar-refractivity contribution is 0.339. The zero-order chi connectivity index (χ0) is 11.6. The van der Waals surface area contributed by atoms with Crippen LogP contribution in [0.5, 0.6) is 0 Å². The molecule has 0 aliphatic rings. The SMILES string of the molecule is CC(C)N=Nc1c[nH]c(=O)n1C(C)(N)N. The van der Waals surface area contributed by atoms with Gasteiger partial charge in [-0.15, -0.1) is 5.11 Å². The van der Waals surface area contributed by atoms with Crippen molar-refractivity contribution in [2.75, 3.05) is 0 Å². The number of hydrogen-bond acceptors (Lipinski definition) is 5. The minimum absolute atomic E-state index is 0.0465. The number of aromatic nitrogens is 2. The standard InChI is InChI=1S/C8H16N6O/c1-5(2)12-13-6-4-11-7(15)14(6)8(3,9)10/h4-5H,9-10H2,1-3H3,(H,11,15). The van der Waals surface area contributed by atoms with Crippen molar-refractivity contribution in [3.63, 3.8) is 0 Å². The average molecular weight is 212 g/mol. The van der Waals surface area contributed by atoms with E-state index in [0.29, 0.717) is 5.82 Å². The zero-order valence-corrected chi connectivity index (χ0v) is 9.06. The number of hydrogen-bond donors (Lipinski definition) is 3. The van der Waals surface area contributed by atoms with Crippen LogP contribution in [-0.4, -0.2) is 15.6 Å². The summed E-state index contributed by atoms with van der Waals surface area (Å²) in [6.45, 7) is 5.27. The van der Waals surface area contributed by atoms with Crippen molar-refractivity contribution in [1.29, 1.82) is 0 Å². The molecule has 1 aromatic heterocycles. The summed E-state index contributed by atoms with van der Waals surface area (Å²) < 4.78 is 1.15. The summed E-state index contributed by atoms with van der Waals surface area (Å²) in [5.41, 5.74) is 10.9. The molecule has 0 saturated carbocycles. The Balaban J connectivity index is 3.16. The predicted octanol–water partition coefficient (Wildman–Crippen LogP) is 0.216. The van der Waals surface area contributed by atoms with E-state index in [1.54, 1.807) is 0 Å². The summed E-state index contributed by atoms with van der Waals surface area (Å²) in [5.74, 6) is -0.969. The van der Waals surface area contributed by atoms with Gasteiger partial charge in [-0.2, -0.15) is 5.11 Å². The van der Waals surface area contributed by atoms with Gasteiger partial charge in [0.05, 0.1) is 12.2 Å². The van der Waals surface area contributed by atoms with E-state index in [1.807, 2.05) is 13.8 Å². The number of imidazole rings is 1. The largest absolute Gasteiger partial charge is 0.329 e. The number of nitrogens with one attached hydrogen (secondary N) is 1. The van der Waals surface area contributed by atoms with Crippen LogP contribution in [0, 0.1) is 0 Å². The van der Waals surface area contributed by atoms with E-state index >= 15 is 0 Å². The van der Waals surface area contributed by atoms with Gasteiger partial charge < -0.3 is 4.98 Å². The third kappa shape index (κ3) is 2.74. The lowest BCUT2D eigenvalue weighted by atomic mass is 10.4. The normalized spacial score (nSPS) is 12.9. The molecule has 0 radical (unpaired) electrons. The van der Waals surface area contributed by atoms with Crippen molar-refractivity contribution in [1.82, 2.24) is 9.55 Å². The average Bonchev–Trinajstić information content (AvgIpc) is 2.42. The Morgan fingerprint density at radius 2 is 2.13 bits per heavy atom. The second-order valence-corrected chi connectivity index (χ2v) is 3.82. The molecule has 84 valence electrons. The molecule has 1 heterocycles. The van der Waals surface area contributed by atoms with Crippen molar-refractivity contribution in [2.24, 2.45) is 21.7 Å². The molecule has 0 aliphatic carbocycles. The summed E-state index contributed by atoms with van der Waals surface area (Å²) in [5, 5.41) is 7.81. The van der Waals surface area contributed by atoms with Gasteiger partial charge >= 0.3 is 5.69 Å².